The van der Waals surface area contributed by atoms with Crippen LogP contribution in [0.4, 0.5) is 0 Å². The van der Waals surface area contributed by atoms with Crippen molar-refractivity contribution in [3.05, 3.63) is 42.1 Å². The first-order chi connectivity index (χ1) is 9.04. The molecule has 5 heteroatoms. The molecule has 0 aliphatic rings. The van der Waals surface area contributed by atoms with Crippen molar-refractivity contribution < 1.29 is 8.42 Å². The van der Waals surface area contributed by atoms with Gasteiger partial charge in [-0.25, -0.2) is 8.42 Å². The van der Waals surface area contributed by atoms with Crippen molar-refractivity contribution >= 4 is 20.7 Å². The molecule has 0 bridgehead atoms. The van der Waals surface area contributed by atoms with Crippen LogP contribution in [0.2, 0.25) is 0 Å². The normalized spacial score (nSPS) is 11.8. The number of sulfone groups is 1. The van der Waals surface area contributed by atoms with Crippen LogP contribution in [-0.2, 0) is 16.4 Å². The molecule has 0 saturated carbocycles. The third kappa shape index (κ3) is 4.61. The number of para-hydroxylation sites is 1. The molecule has 0 aliphatic carbocycles. The molecule has 102 valence electrons. The first-order valence-corrected chi connectivity index (χ1v) is 8.34. The second kappa shape index (κ2) is 6.12. The van der Waals surface area contributed by atoms with Crippen LogP contribution in [0.15, 0.2) is 36.4 Å². The summed E-state index contributed by atoms with van der Waals surface area (Å²) in [7, 11) is -2.85. The van der Waals surface area contributed by atoms with E-state index < -0.39 is 9.84 Å². The Balaban J connectivity index is 1.85. The van der Waals surface area contributed by atoms with Gasteiger partial charge in [0.2, 0.25) is 0 Å². The van der Waals surface area contributed by atoms with Crippen LogP contribution in [0, 0.1) is 0 Å². The summed E-state index contributed by atoms with van der Waals surface area (Å²) in [5.41, 5.74) is 1.95. The van der Waals surface area contributed by atoms with Gasteiger partial charge in [-0.1, -0.05) is 24.3 Å². The quantitative estimate of drug-likeness (QED) is 0.818. The molecule has 1 aromatic heterocycles. The van der Waals surface area contributed by atoms with Gasteiger partial charge in [-0.15, -0.1) is 0 Å². The summed E-state index contributed by atoms with van der Waals surface area (Å²) >= 11 is 0. The largest absolute Gasteiger partial charge is 0.311 e. The number of fused-ring (bicyclic) bond motifs is 1. The van der Waals surface area contributed by atoms with Crippen LogP contribution in [0.3, 0.4) is 0 Å². The zero-order valence-electron chi connectivity index (χ0n) is 11.0. The second-order valence-electron chi connectivity index (χ2n) is 4.66. The molecule has 0 spiro atoms. The SMILES string of the molecule is CS(=O)(=O)CCCNCc1ccc2ccccc2n1. The molecule has 1 heterocycles. The van der Waals surface area contributed by atoms with Crippen LogP contribution in [0.5, 0.6) is 0 Å². The predicted molar refractivity (Wildman–Crippen MR) is 77.8 cm³/mol. The first kappa shape index (κ1) is 14.0. The van der Waals surface area contributed by atoms with E-state index in [1.54, 1.807) is 0 Å². The molecule has 0 amide bonds. The van der Waals surface area contributed by atoms with Gasteiger partial charge in [-0.05, 0) is 25.1 Å². The van der Waals surface area contributed by atoms with Gasteiger partial charge >= 0.3 is 0 Å². The Bertz CT molecular complexity index is 653. The zero-order valence-corrected chi connectivity index (χ0v) is 11.8. The number of pyridine rings is 1. The zero-order chi connectivity index (χ0) is 13.7. The van der Waals surface area contributed by atoms with Gasteiger partial charge in [0.05, 0.1) is 17.0 Å². The van der Waals surface area contributed by atoms with Crippen molar-refractivity contribution in [2.24, 2.45) is 0 Å². The molecule has 0 radical (unpaired) electrons. The van der Waals surface area contributed by atoms with Crippen molar-refractivity contribution in [1.82, 2.24) is 10.3 Å². The topological polar surface area (TPSA) is 59.1 Å². The smallest absolute Gasteiger partial charge is 0.147 e. The van der Waals surface area contributed by atoms with E-state index in [0.717, 1.165) is 16.6 Å². The summed E-state index contributed by atoms with van der Waals surface area (Å²) in [5.74, 6) is 0.227. The lowest BCUT2D eigenvalue weighted by molar-refractivity contribution is 0.594. The lowest BCUT2D eigenvalue weighted by atomic mass is 10.2. The fourth-order valence-corrected chi connectivity index (χ4v) is 2.55. The van der Waals surface area contributed by atoms with Crippen LogP contribution in [-0.4, -0.2) is 32.0 Å². The van der Waals surface area contributed by atoms with Crippen LogP contribution in [0.1, 0.15) is 12.1 Å². The molecule has 2 aromatic rings. The van der Waals surface area contributed by atoms with E-state index in [1.165, 1.54) is 6.26 Å². The number of benzene rings is 1. The maximum absolute atomic E-state index is 11.0. The van der Waals surface area contributed by atoms with Gasteiger partial charge in [0, 0.05) is 18.2 Å². The molecule has 1 N–H and O–H groups in total. The Hall–Kier alpha value is -1.46. The van der Waals surface area contributed by atoms with Crippen LogP contribution >= 0.6 is 0 Å². The number of hydrogen-bond donors (Lipinski definition) is 1. The average molecular weight is 278 g/mol. The van der Waals surface area contributed by atoms with Crippen molar-refractivity contribution in [1.29, 1.82) is 0 Å². The minimum absolute atomic E-state index is 0.227. The van der Waals surface area contributed by atoms with Gasteiger partial charge in [0.25, 0.3) is 0 Å². The van der Waals surface area contributed by atoms with Crippen molar-refractivity contribution in [2.45, 2.75) is 13.0 Å². The molecular formula is C14H18N2O2S. The van der Waals surface area contributed by atoms with E-state index in [2.05, 4.69) is 16.4 Å². The first-order valence-electron chi connectivity index (χ1n) is 6.28. The Kier molecular flexibility index (Phi) is 4.50. The lowest BCUT2D eigenvalue weighted by Gasteiger charge is -2.05. The molecule has 19 heavy (non-hydrogen) atoms. The highest BCUT2D eigenvalue weighted by Gasteiger charge is 2.01. The Labute approximate surface area is 113 Å². The van der Waals surface area contributed by atoms with Gasteiger partial charge in [-0.2, -0.15) is 0 Å². The van der Waals surface area contributed by atoms with Gasteiger partial charge in [0.15, 0.2) is 0 Å². The Morgan fingerprint density at radius 3 is 2.74 bits per heavy atom. The van der Waals surface area contributed by atoms with Crippen LogP contribution < -0.4 is 5.32 Å². The lowest BCUT2D eigenvalue weighted by Crippen LogP contribution is -2.18. The van der Waals surface area contributed by atoms with E-state index in [9.17, 15) is 8.42 Å². The van der Waals surface area contributed by atoms with Crippen molar-refractivity contribution in [2.75, 3.05) is 18.6 Å². The number of rotatable bonds is 6. The third-order valence-electron chi connectivity index (χ3n) is 2.83. The molecule has 0 atom stereocenters. The number of nitrogens with zero attached hydrogens (tertiary/aromatic N) is 1. The van der Waals surface area contributed by atoms with Gasteiger partial charge in [0.1, 0.15) is 9.84 Å². The van der Waals surface area contributed by atoms with E-state index in [-0.39, 0.29) is 5.75 Å². The molecule has 0 aliphatic heterocycles. The highest BCUT2D eigenvalue weighted by molar-refractivity contribution is 7.90. The monoisotopic (exact) mass is 278 g/mol. The van der Waals surface area contributed by atoms with E-state index in [0.29, 0.717) is 19.5 Å². The van der Waals surface area contributed by atoms with Gasteiger partial charge < -0.3 is 5.32 Å². The second-order valence-corrected chi connectivity index (χ2v) is 6.92. The highest BCUT2D eigenvalue weighted by atomic mass is 32.2. The molecule has 0 fully saturated rings. The molecule has 4 nitrogen and oxygen atoms in total. The van der Waals surface area contributed by atoms with Crippen molar-refractivity contribution in [3.8, 4) is 0 Å². The maximum Gasteiger partial charge on any atom is 0.147 e. The van der Waals surface area contributed by atoms with E-state index in [4.69, 9.17) is 0 Å². The summed E-state index contributed by atoms with van der Waals surface area (Å²) < 4.78 is 21.9. The molecular weight excluding hydrogens is 260 g/mol. The summed E-state index contributed by atoms with van der Waals surface area (Å²) in [6.45, 7) is 1.34. The maximum atomic E-state index is 11.0. The average Bonchev–Trinajstić information content (AvgIpc) is 2.37. The Morgan fingerprint density at radius 2 is 1.95 bits per heavy atom. The fourth-order valence-electron chi connectivity index (χ4n) is 1.88. The predicted octanol–water partition coefficient (Wildman–Crippen LogP) is 1.76. The summed E-state index contributed by atoms with van der Waals surface area (Å²) in [5, 5.41) is 4.34. The number of hydrogen-bond acceptors (Lipinski definition) is 4. The Morgan fingerprint density at radius 1 is 1.16 bits per heavy atom. The summed E-state index contributed by atoms with van der Waals surface area (Å²) in [6.07, 6.45) is 1.89. The number of aromatic nitrogens is 1. The fraction of sp³-hybridized carbons (Fsp3) is 0.357. The third-order valence-corrected chi connectivity index (χ3v) is 3.86. The van der Waals surface area contributed by atoms with Gasteiger partial charge in [-0.3, -0.25) is 4.98 Å². The van der Waals surface area contributed by atoms with E-state index in [1.807, 2.05) is 30.3 Å². The van der Waals surface area contributed by atoms with E-state index >= 15 is 0 Å². The minimum Gasteiger partial charge on any atom is -0.311 e. The van der Waals surface area contributed by atoms with Crippen molar-refractivity contribution in [3.63, 3.8) is 0 Å². The van der Waals surface area contributed by atoms with Crippen LogP contribution in [0.25, 0.3) is 10.9 Å². The number of nitrogens with one attached hydrogen (secondary N) is 1. The molecule has 2 rings (SSSR count). The molecule has 0 unspecified atom stereocenters. The summed E-state index contributed by atoms with van der Waals surface area (Å²) in [6, 6.07) is 12.0. The highest BCUT2D eigenvalue weighted by Crippen LogP contribution is 2.11. The minimum atomic E-state index is -2.85. The molecule has 1 aromatic carbocycles. The summed E-state index contributed by atoms with van der Waals surface area (Å²) in [4.78, 5) is 4.54. The standard InChI is InChI=1S/C14H18N2O2S/c1-19(17,18)10-4-9-15-11-13-8-7-12-5-2-3-6-14(12)16-13/h2-3,5-8,15H,4,9-11H2,1H3. The molecule has 0 saturated heterocycles.